The minimum Gasteiger partial charge on any atom is -0.300 e. The molecule has 0 atom stereocenters. The van der Waals surface area contributed by atoms with Crippen LogP contribution in [0.2, 0.25) is 0 Å². The lowest BCUT2D eigenvalue weighted by atomic mass is 10.1. The average Bonchev–Trinajstić information content (AvgIpc) is 3.14. The molecule has 4 aromatic rings. The van der Waals surface area contributed by atoms with E-state index in [0.29, 0.717) is 10.9 Å². The number of carbonyl (C=O) groups is 1. The first-order chi connectivity index (χ1) is 13.7. The summed E-state index contributed by atoms with van der Waals surface area (Å²) >= 11 is 2.84. The molecule has 0 unspecified atom stereocenters. The Balaban J connectivity index is 1.33. The van der Waals surface area contributed by atoms with Crippen molar-refractivity contribution in [2.45, 2.75) is 16.5 Å². The lowest BCUT2D eigenvalue weighted by Crippen LogP contribution is -2.14. The zero-order valence-electron chi connectivity index (χ0n) is 14.8. The predicted molar refractivity (Wildman–Crippen MR) is 112 cm³/mol. The highest BCUT2D eigenvalue weighted by atomic mass is 32.2. The van der Waals surface area contributed by atoms with Gasteiger partial charge in [-0.25, -0.2) is 4.39 Å². The number of nitrogens with zero attached hydrogens (tertiary/aromatic N) is 2. The molecule has 0 bridgehead atoms. The molecule has 4 nitrogen and oxygen atoms in total. The van der Waals surface area contributed by atoms with Crippen molar-refractivity contribution in [3.05, 3.63) is 83.7 Å². The second-order valence-corrected chi connectivity index (χ2v) is 8.39. The van der Waals surface area contributed by atoms with E-state index in [4.69, 9.17) is 0 Å². The van der Waals surface area contributed by atoms with E-state index in [9.17, 15) is 9.18 Å². The highest BCUT2D eigenvalue weighted by molar-refractivity contribution is 8.00. The normalized spacial score (nSPS) is 10.9. The molecule has 0 fully saturated rings. The predicted octanol–water partition coefficient (Wildman–Crippen LogP) is 5.30. The molecule has 0 spiro atoms. The summed E-state index contributed by atoms with van der Waals surface area (Å²) in [6.45, 7) is 0. The van der Waals surface area contributed by atoms with E-state index in [-0.39, 0.29) is 18.1 Å². The van der Waals surface area contributed by atoms with Crippen LogP contribution < -0.4 is 5.32 Å². The highest BCUT2D eigenvalue weighted by Crippen LogP contribution is 2.28. The van der Waals surface area contributed by atoms with Gasteiger partial charge in [0.2, 0.25) is 11.0 Å². The van der Waals surface area contributed by atoms with E-state index in [1.807, 2.05) is 42.5 Å². The van der Waals surface area contributed by atoms with Crippen molar-refractivity contribution in [1.29, 1.82) is 0 Å². The molecule has 0 saturated heterocycles. The SMILES string of the molecule is O=C(Cc1ccc2ccccc2c1)Nc1nnc(SCc2ccc(F)cc2)s1. The molecule has 0 aliphatic rings. The number of carbonyl (C=O) groups excluding carboxylic acids is 1. The molecule has 140 valence electrons. The number of aromatic nitrogens is 2. The number of halogens is 1. The third kappa shape index (κ3) is 4.74. The van der Waals surface area contributed by atoms with Crippen molar-refractivity contribution in [2.24, 2.45) is 0 Å². The van der Waals surface area contributed by atoms with Crippen molar-refractivity contribution < 1.29 is 9.18 Å². The third-order valence-electron chi connectivity index (χ3n) is 4.11. The Labute approximate surface area is 169 Å². The van der Waals surface area contributed by atoms with Crippen LogP contribution >= 0.6 is 23.1 Å². The first-order valence-electron chi connectivity index (χ1n) is 8.64. The van der Waals surface area contributed by atoms with Crippen molar-refractivity contribution in [2.75, 3.05) is 5.32 Å². The number of thioether (sulfide) groups is 1. The van der Waals surface area contributed by atoms with Gasteiger partial charge in [-0.1, -0.05) is 77.7 Å². The van der Waals surface area contributed by atoms with Crippen LogP contribution in [0.5, 0.6) is 0 Å². The maximum atomic E-state index is 12.9. The van der Waals surface area contributed by atoms with E-state index in [0.717, 1.165) is 26.2 Å². The van der Waals surface area contributed by atoms with Gasteiger partial charge < -0.3 is 5.32 Å². The molecule has 1 heterocycles. The summed E-state index contributed by atoms with van der Waals surface area (Å²) in [5.74, 6) is 0.294. The summed E-state index contributed by atoms with van der Waals surface area (Å²) in [6, 6.07) is 20.4. The molecule has 1 amide bonds. The van der Waals surface area contributed by atoms with E-state index >= 15 is 0 Å². The van der Waals surface area contributed by atoms with Crippen LogP contribution in [0.15, 0.2) is 71.1 Å². The van der Waals surface area contributed by atoms with Gasteiger partial charge in [0, 0.05) is 5.75 Å². The molecule has 4 rings (SSSR count). The molecule has 0 saturated carbocycles. The number of benzene rings is 3. The number of nitrogens with one attached hydrogen (secondary N) is 1. The van der Waals surface area contributed by atoms with Gasteiger partial charge in [0.25, 0.3) is 0 Å². The molecule has 0 aliphatic carbocycles. The molecule has 3 aromatic carbocycles. The van der Waals surface area contributed by atoms with Crippen LogP contribution in [0, 0.1) is 5.82 Å². The summed E-state index contributed by atoms with van der Waals surface area (Å²) in [7, 11) is 0. The van der Waals surface area contributed by atoms with E-state index in [1.54, 1.807) is 12.1 Å². The van der Waals surface area contributed by atoms with Gasteiger partial charge in [-0.2, -0.15) is 0 Å². The smallest absolute Gasteiger partial charge is 0.230 e. The van der Waals surface area contributed by atoms with Crippen molar-refractivity contribution in [1.82, 2.24) is 10.2 Å². The van der Waals surface area contributed by atoms with Gasteiger partial charge in [-0.15, -0.1) is 10.2 Å². The number of hydrogen-bond acceptors (Lipinski definition) is 5. The number of anilines is 1. The molecule has 1 aromatic heterocycles. The maximum Gasteiger partial charge on any atom is 0.230 e. The van der Waals surface area contributed by atoms with Crippen molar-refractivity contribution in [3.63, 3.8) is 0 Å². The minimum absolute atomic E-state index is 0.124. The zero-order valence-corrected chi connectivity index (χ0v) is 16.4. The van der Waals surface area contributed by atoms with Crippen LogP contribution in [0.25, 0.3) is 10.8 Å². The summed E-state index contributed by atoms with van der Waals surface area (Å²) in [5, 5.41) is 13.7. The fraction of sp³-hybridized carbons (Fsp3) is 0.0952. The quantitative estimate of drug-likeness (QED) is 0.347. The van der Waals surface area contributed by atoms with Crippen LogP contribution in [0.3, 0.4) is 0 Å². The first kappa shape index (κ1) is 18.6. The largest absolute Gasteiger partial charge is 0.300 e. The lowest BCUT2D eigenvalue weighted by Gasteiger charge is -2.04. The van der Waals surface area contributed by atoms with Crippen molar-refractivity contribution in [3.8, 4) is 0 Å². The number of amides is 1. The van der Waals surface area contributed by atoms with E-state index in [2.05, 4.69) is 15.5 Å². The standard InChI is InChI=1S/C21H16FN3OS2/c22-18-9-6-14(7-10-18)13-27-21-25-24-20(28-21)23-19(26)12-15-5-8-16-3-1-2-4-17(16)11-15/h1-11H,12-13H2,(H,23,24,26). The third-order valence-corrected chi connectivity index (χ3v) is 6.15. The molecule has 7 heteroatoms. The van der Waals surface area contributed by atoms with Crippen LogP contribution in [-0.4, -0.2) is 16.1 Å². The van der Waals surface area contributed by atoms with Crippen LogP contribution in [0.4, 0.5) is 9.52 Å². The molecular formula is C21H16FN3OS2. The Kier molecular flexibility index (Phi) is 5.64. The summed E-state index contributed by atoms with van der Waals surface area (Å²) in [4.78, 5) is 12.3. The lowest BCUT2D eigenvalue weighted by molar-refractivity contribution is -0.115. The van der Waals surface area contributed by atoms with Gasteiger partial charge in [0.1, 0.15) is 5.82 Å². The van der Waals surface area contributed by atoms with Gasteiger partial charge in [-0.05, 0) is 34.0 Å². The first-order valence-corrected chi connectivity index (χ1v) is 10.4. The summed E-state index contributed by atoms with van der Waals surface area (Å²) in [6.07, 6.45) is 0.280. The molecule has 0 radical (unpaired) electrons. The van der Waals surface area contributed by atoms with Crippen molar-refractivity contribution >= 4 is 44.9 Å². The Morgan fingerprint density at radius 2 is 1.71 bits per heavy atom. The van der Waals surface area contributed by atoms with Gasteiger partial charge in [0.05, 0.1) is 6.42 Å². The Bertz CT molecular complexity index is 1110. The second kappa shape index (κ2) is 8.50. The summed E-state index contributed by atoms with van der Waals surface area (Å²) < 4.78 is 13.7. The van der Waals surface area contributed by atoms with Crippen LogP contribution in [-0.2, 0) is 17.0 Å². The Morgan fingerprint density at radius 1 is 0.964 bits per heavy atom. The second-order valence-electron chi connectivity index (χ2n) is 6.19. The molecule has 1 N–H and O–H groups in total. The fourth-order valence-corrected chi connectivity index (χ4v) is 4.47. The van der Waals surface area contributed by atoms with Gasteiger partial charge in [0.15, 0.2) is 4.34 Å². The monoisotopic (exact) mass is 409 g/mol. The fourth-order valence-electron chi connectivity index (χ4n) is 2.74. The number of fused-ring (bicyclic) bond motifs is 1. The van der Waals surface area contributed by atoms with Gasteiger partial charge in [-0.3, -0.25) is 4.79 Å². The average molecular weight is 410 g/mol. The molecular weight excluding hydrogens is 393 g/mol. The Morgan fingerprint density at radius 3 is 2.54 bits per heavy atom. The maximum absolute atomic E-state index is 12.9. The molecule has 0 aliphatic heterocycles. The Hall–Kier alpha value is -2.77. The topological polar surface area (TPSA) is 54.9 Å². The van der Waals surface area contributed by atoms with Crippen LogP contribution in [0.1, 0.15) is 11.1 Å². The molecule has 28 heavy (non-hydrogen) atoms. The highest BCUT2D eigenvalue weighted by Gasteiger charge is 2.10. The number of rotatable bonds is 6. The summed E-state index contributed by atoms with van der Waals surface area (Å²) in [5.41, 5.74) is 1.95. The van der Waals surface area contributed by atoms with E-state index < -0.39 is 0 Å². The minimum atomic E-state index is -0.249. The van der Waals surface area contributed by atoms with Gasteiger partial charge >= 0.3 is 0 Å². The van der Waals surface area contributed by atoms with E-state index in [1.165, 1.54) is 35.2 Å². The zero-order chi connectivity index (χ0) is 19.3. The number of hydrogen-bond donors (Lipinski definition) is 1.